The lowest BCUT2D eigenvalue weighted by molar-refractivity contribution is 0.592. The van der Waals surface area contributed by atoms with Crippen LogP contribution < -0.4 is 4.72 Å². The lowest BCUT2D eigenvalue weighted by Gasteiger charge is -2.10. The van der Waals surface area contributed by atoms with E-state index in [1.807, 2.05) is 13.0 Å². The van der Waals surface area contributed by atoms with Crippen molar-refractivity contribution in [3.05, 3.63) is 23.9 Å². The van der Waals surface area contributed by atoms with Crippen molar-refractivity contribution in [1.82, 2.24) is 4.98 Å². The molecule has 0 fully saturated rings. The van der Waals surface area contributed by atoms with Crippen LogP contribution in [-0.4, -0.2) is 18.7 Å². The molecule has 0 aliphatic carbocycles. The first kappa shape index (κ1) is 12.0. The molecule has 0 saturated carbocycles. The third-order valence-electron chi connectivity index (χ3n) is 2.04. The first-order chi connectivity index (χ1) is 6.95. The Morgan fingerprint density at radius 1 is 1.40 bits per heavy atom. The van der Waals surface area contributed by atoms with Gasteiger partial charge in [0.1, 0.15) is 5.82 Å². The van der Waals surface area contributed by atoms with Crippen molar-refractivity contribution in [2.45, 2.75) is 32.4 Å². The fourth-order valence-electron chi connectivity index (χ4n) is 0.997. The molecule has 0 atom stereocenters. The average molecular weight is 228 g/mol. The van der Waals surface area contributed by atoms with Gasteiger partial charge in [-0.05, 0) is 32.4 Å². The maximum absolute atomic E-state index is 11.5. The molecule has 1 rings (SSSR count). The molecule has 1 heterocycles. The molecular formula is C10H16N2O2S. The molecule has 0 amide bonds. The lowest BCUT2D eigenvalue weighted by atomic mass is 10.3. The van der Waals surface area contributed by atoms with Crippen molar-refractivity contribution < 1.29 is 8.42 Å². The van der Waals surface area contributed by atoms with Crippen LogP contribution in [0.25, 0.3) is 0 Å². The van der Waals surface area contributed by atoms with E-state index in [2.05, 4.69) is 9.71 Å². The second-order valence-corrected chi connectivity index (χ2v) is 5.80. The highest BCUT2D eigenvalue weighted by Crippen LogP contribution is 2.10. The smallest absolute Gasteiger partial charge is 0.236 e. The number of rotatable bonds is 4. The van der Waals surface area contributed by atoms with Crippen LogP contribution >= 0.6 is 0 Å². The predicted octanol–water partition coefficient (Wildman–Crippen LogP) is 1.79. The zero-order valence-corrected chi connectivity index (χ0v) is 10.0. The van der Waals surface area contributed by atoms with E-state index in [0.29, 0.717) is 5.82 Å². The van der Waals surface area contributed by atoms with E-state index in [1.54, 1.807) is 26.0 Å². The Hall–Kier alpha value is -1.10. The Bertz CT molecular complexity index is 427. The fourth-order valence-corrected chi connectivity index (χ4v) is 1.64. The van der Waals surface area contributed by atoms with Crippen molar-refractivity contribution in [3.63, 3.8) is 0 Å². The van der Waals surface area contributed by atoms with E-state index in [-0.39, 0.29) is 0 Å². The van der Waals surface area contributed by atoms with Crippen molar-refractivity contribution >= 4 is 15.8 Å². The Kier molecular flexibility index (Phi) is 3.68. The van der Waals surface area contributed by atoms with Crippen LogP contribution in [0.3, 0.4) is 0 Å². The number of nitrogens with zero attached hydrogens (tertiary/aromatic N) is 1. The molecule has 0 aromatic carbocycles. The number of aromatic nitrogens is 1. The number of hydrogen-bond donors (Lipinski definition) is 1. The number of aryl methyl sites for hydroxylation is 1. The average Bonchev–Trinajstić information content (AvgIpc) is 2.17. The normalized spacial score (nSPS) is 11.7. The van der Waals surface area contributed by atoms with Gasteiger partial charge in [-0.1, -0.05) is 13.0 Å². The fraction of sp³-hybridized carbons (Fsp3) is 0.500. The van der Waals surface area contributed by atoms with E-state index < -0.39 is 15.3 Å². The second kappa shape index (κ2) is 4.61. The molecule has 0 unspecified atom stereocenters. The van der Waals surface area contributed by atoms with Crippen LogP contribution in [0.15, 0.2) is 18.2 Å². The molecule has 0 spiro atoms. The third-order valence-corrected chi connectivity index (χ3v) is 3.77. The van der Waals surface area contributed by atoms with Gasteiger partial charge in [0.15, 0.2) is 0 Å². The van der Waals surface area contributed by atoms with Gasteiger partial charge in [-0.3, -0.25) is 4.72 Å². The summed E-state index contributed by atoms with van der Waals surface area (Å²) in [4.78, 5) is 4.17. The standard InChI is InChI=1S/C10H16N2O2S/c1-4-9-6-5-7-10(11-9)12-15(13,14)8(2)3/h5-8H,4H2,1-3H3,(H,11,12). The van der Waals surface area contributed by atoms with Crippen molar-refractivity contribution in [2.24, 2.45) is 0 Å². The summed E-state index contributed by atoms with van der Waals surface area (Å²) in [6.07, 6.45) is 0.789. The van der Waals surface area contributed by atoms with Crippen LogP contribution in [-0.2, 0) is 16.4 Å². The van der Waals surface area contributed by atoms with Gasteiger partial charge in [-0.2, -0.15) is 0 Å². The summed E-state index contributed by atoms with van der Waals surface area (Å²) in [6.45, 7) is 5.24. The number of hydrogen-bond acceptors (Lipinski definition) is 3. The third kappa shape index (κ3) is 3.20. The van der Waals surface area contributed by atoms with E-state index in [9.17, 15) is 8.42 Å². The minimum atomic E-state index is -3.29. The SMILES string of the molecule is CCc1cccc(NS(=O)(=O)C(C)C)n1. The maximum Gasteiger partial charge on any atom is 0.236 e. The van der Waals surface area contributed by atoms with E-state index in [4.69, 9.17) is 0 Å². The first-order valence-electron chi connectivity index (χ1n) is 4.93. The predicted molar refractivity (Wildman–Crippen MR) is 61.3 cm³/mol. The van der Waals surface area contributed by atoms with Crippen molar-refractivity contribution in [2.75, 3.05) is 4.72 Å². The lowest BCUT2D eigenvalue weighted by Crippen LogP contribution is -2.23. The van der Waals surface area contributed by atoms with Crippen molar-refractivity contribution in [1.29, 1.82) is 0 Å². The van der Waals surface area contributed by atoms with Crippen LogP contribution in [0.1, 0.15) is 26.5 Å². The number of pyridine rings is 1. The van der Waals surface area contributed by atoms with Gasteiger partial charge in [0.05, 0.1) is 5.25 Å². The van der Waals surface area contributed by atoms with Crippen LogP contribution in [0.5, 0.6) is 0 Å². The van der Waals surface area contributed by atoms with Gasteiger partial charge in [-0.25, -0.2) is 13.4 Å². The zero-order valence-electron chi connectivity index (χ0n) is 9.19. The first-order valence-corrected chi connectivity index (χ1v) is 6.48. The molecule has 0 aliphatic rings. The summed E-state index contributed by atoms with van der Waals surface area (Å²) in [5.74, 6) is 0.392. The molecule has 1 aromatic heterocycles. The molecule has 5 heteroatoms. The summed E-state index contributed by atoms with van der Waals surface area (Å²) in [6, 6.07) is 5.32. The highest BCUT2D eigenvalue weighted by Gasteiger charge is 2.15. The Balaban J connectivity index is 2.90. The second-order valence-electron chi connectivity index (χ2n) is 3.56. The summed E-state index contributed by atoms with van der Waals surface area (Å²) >= 11 is 0. The van der Waals surface area contributed by atoms with E-state index >= 15 is 0 Å². The van der Waals surface area contributed by atoms with Crippen LogP contribution in [0.2, 0.25) is 0 Å². The van der Waals surface area contributed by atoms with Gasteiger partial charge in [0, 0.05) is 5.69 Å². The molecular weight excluding hydrogens is 212 g/mol. The molecule has 0 bridgehead atoms. The Labute approximate surface area is 90.8 Å². The maximum atomic E-state index is 11.5. The van der Waals surface area contributed by atoms with Gasteiger partial charge in [0.25, 0.3) is 0 Å². The molecule has 15 heavy (non-hydrogen) atoms. The molecule has 0 aliphatic heterocycles. The molecule has 84 valence electrons. The Morgan fingerprint density at radius 2 is 2.07 bits per heavy atom. The number of sulfonamides is 1. The molecule has 1 N–H and O–H groups in total. The van der Waals surface area contributed by atoms with Gasteiger partial charge < -0.3 is 0 Å². The summed E-state index contributed by atoms with van der Waals surface area (Å²) in [5, 5.41) is -0.454. The molecule has 1 aromatic rings. The highest BCUT2D eigenvalue weighted by molar-refractivity contribution is 7.93. The van der Waals surface area contributed by atoms with Gasteiger partial charge in [-0.15, -0.1) is 0 Å². The summed E-state index contributed by atoms with van der Waals surface area (Å²) in [5.41, 5.74) is 0.874. The zero-order chi connectivity index (χ0) is 11.5. The Morgan fingerprint density at radius 3 is 2.60 bits per heavy atom. The minimum absolute atomic E-state index is 0.392. The quantitative estimate of drug-likeness (QED) is 0.854. The van der Waals surface area contributed by atoms with Crippen LogP contribution in [0, 0.1) is 0 Å². The summed E-state index contributed by atoms with van der Waals surface area (Å²) in [7, 11) is -3.29. The van der Waals surface area contributed by atoms with Gasteiger partial charge in [0.2, 0.25) is 10.0 Å². The highest BCUT2D eigenvalue weighted by atomic mass is 32.2. The largest absolute Gasteiger partial charge is 0.267 e. The topological polar surface area (TPSA) is 59.1 Å². The minimum Gasteiger partial charge on any atom is -0.267 e. The summed E-state index contributed by atoms with van der Waals surface area (Å²) < 4.78 is 25.6. The van der Waals surface area contributed by atoms with E-state index in [1.165, 1.54) is 0 Å². The number of nitrogens with one attached hydrogen (secondary N) is 1. The monoisotopic (exact) mass is 228 g/mol. The molecule has 0 radical (unpaired) electrons. The number of anilines is 1. The van der Waals surface area contributed by atoms with Crippen LogP contribution in [0.4, 0.5) is 5.82 Å². The molecule has 0 saturated heterocycles. The van der Waals surface area contributed by atoms with Crippen molar-refractivity contribution in [3.8, 4) is 0 Å². The molecule has 4 nitrogen and oxygen atoms in total. The van der Waals surface area contributed by atoms with E-state index in [0.717, 1.165) is 12.1 Å². The van der Waals surface area contributed by atoms with Gasteiger partial charge >= 0.3 is 0 Å².